The summed E-state index contributed by atoms with van der Waals surface area (Å²) in [6.07, 6.45) is 3.73. The predicted molar refractivity (Wildman–Crippen MR) is 81.8 cm³/mol. The van der Waals surface area contributed by atoms with E-state index in [1.165, 1.54) is 13.2 Å². The Kier molecular flexibility index (Phi) is 28.1. The maximum absolute atomic E-state index is 10.2. The zero-order chi connectivity index (χ0) is 17.3. The molecular formula is C12H21CaO8P. The fourth-order valence-corrected chi connectivity index (χ4v) is 0.427. The van der Waals surface area contributed by atoms with Gasteiger partial charge in [0.25, 0.3) is 11.9 Å². The average Bonchev–Trinajstić information content (AvgIpc) is 2.40. The van der Waals surface area contributed by atoms with E-state index in [0.29, 0.717) is 0 Å². The minimum Gasteiger partial charge on any atom is -0.634 e. The molecule has 0 aromatic carbocycles. The summed E-state index contributed by atoms with van der Waals surface area (Å²) < 4.78 is 17.8. The molecule has 0 spiro atoms. The second-order valence-corrected chi connectivity index (χ2v) is 3.97. The normalized spacial score (nSPS) is 8.59. The van der Waals surface area contributed by atoms with Gasteiger partial charge in [0.1, 0.15) is 0 Å². The van der Waals surface area contributed by atoms with Gasteiger partial charge in [-0.15, -0.1) is 12.8 Å². The van der Waals surface area contributed by atoms with Gasteiger partial charge in [0.2, 0.25) is 0 Å². The fraction of sp³-hybridized carbons (Fsp3) is 0.333. The second-order valence-electron chi connectivity index (χ2n) is 2.95. The van der Waals surface area contributed by atoms with Crippen LogP contribution in [0.4, 0.5) is 0 Å². The van der Waals surface area contributed by atoms with Crippen molar-refractivity contribution in [3.8, 4) is 0 Å². The Labute approximate surface area is 160 Å². The Morgan fingerprint density at radius 2 is 1.23 bits per heavy atom. The third-order valence-electron chi connectivity index (χ3n) is 1.07. The summed E-state index contributed by atoms with van der Waals surface area (Å²) >= 11 is 0. The Morgan fingerprint density at radius 3 is 1.36 bits per heavy atom. The number of carbonyl (C=O) groups excluding carboxylic acids is 2. The summed E-state index contributed by atoms with van der Waals surface area (Å²) in [6.45, 7) is 13.1. The molecule has 0 aromatic heterocycles. The first-order valence-corrected chi connectivity index (χ1v) is 7.26. The Morgan fingerprint density at radius 1 is 1.00 bits per heavy atom. The van der Waals surface area contributed by atoms with Gasteiger partial charge in [-0.25, -0.2) is 14.2 Å². The number of phosphoric acid groups is 1. The van der Waals surface area contributed by atoms with E-state index in [1.54, 1.807) is 0 Å². The average molecular weight is 364 g/mol. The summed E-state index contributed by atoms with van der Waals surface area (Å²) in [4.78, 5) is 42.0. The van der Waals surface area contributed by atoms with E-state index >= 15 is 0 Å². The summed E-state index contributed by atoms with van der Waals surface area (Å²) in [5.41, 5.74) is 0. The van der Waals surface area contributed by atoms with Crippen LogP contribution in [0.3, 0.4) is 0 Å². The quantitative estimate of drug-likeness (QED) is 0.211. The number of ether oxygens (including phenoxy) is 2. The van der Waals surface area contributed by atoms with Gasteiger partial charge >= 0.3 is 45.6 Å². The van der Waals surface area contributed by atoms with Gasteiger partial charge in [0.15, 0.2) is 0 Å². The van der Waals surface area contributed by atoms with E-state index in [9.17, 15) is 9.59 Å². The molecule has 0 unspecified atom stereocenters. The molecule has 0 rings (SSSR count). The minimum atomic E-state index is -4.64. The summed E-state index contributed by atoms with van der Waals surface area (Å²) in [6, 6.07) is 0. The van der Waals surface area contributed by atoms with Crippen molar-refractivity contribution in [2.24, 2.45) is 0 Å². The number of hydrogen-bond acceptors (Lipinski definition) is 5. The van der Waals surface area contributed by atoms with E-state index in [1.807, 2.05) is 13.8 Å². The predicted octanol–water partition coefficient (Wildman–Crippen LogP) is 1.27. The van der Waals surface area contributed by atoms with Gasteiger partial charge < -0.3 is 24.2 Å². The second kappa shape index (κ2) is 20.8. The van der Waals surface area contributed by atoms with Gasteiger partial charge in [0, 0.05) is 12.2 Å². The molecular weight excluding hydrogens is 343 g/mol. The molecule has 0 radical (unpaired) electrons. The molecule has 0 heterocycles. The van der Waals surface area contributed by atoms with Crippen molar-refractivity contribution in [3.05, 3.63) is 38.5 Å². The number of esters is 2. The molecule has 0 aliphatic rings. The van der Waals surface area contributed by atoms with Crippen molar-refractivity contribution in [2.45, 2.75) is 26.7 Å². The molecule has 0 aromatic rings. The third-order valence-corrected chi connectivity index (χ3v) is 1.07. The van der Waals surface area contributed by atoms with Crippen molar-refractivity contribution in [1.29, 1.82) is 0 Å². The molecule has 0 saturated carbocycles. The third kappa shape index (κ3) is 50.3. The van der Waals surface area contributed by atoms with Crippen LogP contribution in [0.1, 0.15) is 26.7 Å². The van der Waals surface area contributed by atoms with Crippen LogP contribution in [0.25, 0.3) is 0 Å². The monoisotopic (exact) mass is 364 g/mol. The number of rotatable bonds is 6. The van der Waals surface area contributed by atoms with Gasteiger partial charge in [0.05, 0.1) is 0 Å². The van der Waals surface area contributed by atoms with E-state index < -0.39 is 19.8 Å². The molecule has 0 bridgehead atoms. The van der Waals surface area contributed by atoms with Crippen LogP contribution in [0.5, 0.6) is 0 Å². The Bertz CT molecular complexity index is 321. The van der Waals surface area contributed by atoms with Crippen molar-refractivity contribution >= 4 is 57.5 Å². The van der Waals surface area contributed by atoms with Crippen LogP contribution in [-0.2, 0) is 23.6 Å². The maximum atomic E-state index is 10.2. The first kappa shape index (κ1) is 29.8. The molecule has 0 saturated heterocycles. The Hall–Kier alpha value is -0.210. The van der Waals surface area contributed by atoms with E-state index in [4.69, 9.17) is 19.2 Å². The molecule has 0 aliphatic carbocycles. The van der Waals surface area contributed by atoms with E-state index in [0.717, 1.165) is 25.0 Å². The van der Waals surface area contributed by atoms with Gasteiger partial charge in [-0.1, -0.05) is 27.0 Å². The molecule has 22 heavy (non-hydrogen) atoms. The van der Waals surface area contributed by atoms with Crippen LogP contribution in [-0.4, -0.2) is 64.4 Å². The van der Waals surface area contributed by atoms with Gasteiger partial charge in [-0.05, 0) is 0 Å². The fourth-order valence-electron chi connectivity index (χ4n) is 0.427. The smallest absolute Gasteiger partial charge is 0.634 e. The molecule has 10 heteroatoms. The number of hydrogen-bond donors (Lipinski definition) is 3. The van der Waals surface area contributed by atoms with E-state index in [2.05, 4.69) is 22.6 Å². The molecule has 3 N–H and O–H groups in total. The van der Waals surface area contributed by atoms with Gasteiger partial charge in [-0.2, -0.15) is 13.2 Å². The first-order chi connectivity index (χ1) is 9.62. The van der Waals surface area contributed by atoms with Crippen LogP contribution in [0.15, 0.2) is 25.3 Å². The summed E-state index contributed by atoms with van der Waals surface area (Å²) in [5, 5.41) is 0. The maximum Gasteiger partial charge on any atom is 2.00 e. The van der Waals surface area contributed by atoms with Crippen LogP contribution in [0, 0.1) is 13.2 Å². The van der Waals surface area contributed by atoms with Crippen molar-refractivity contribution in [2.75, 3.05) is 0 Å². The summed E-state index contributed by atoms with van der Waals surface area (Å²) in [5.74, 6) is -0.793. The molecule has 0 amide bonds. The zero-order valence-corrected chi connectivity index (χ0v) is 15.8. The SMILES string of the molecule is C=CC(=O)O[CH-]CC.C=CC(=O)O[CH-]CC.O=P(O)(O)O.[Ca+2]. The molecule has 0 aliphatic heterocycles. The topological polar surface area (TPSA) is 130 Å². The molecule has 0 atom stereocenters. The summed E-state index contributed by atoms with van der Waals surface area (Å²) in [7, 11) is -4.64. The molecule has 8 nitrogen and oxygen atoms in total. The van der Waals surface area contributed by atoms with Gasteiger partial charge in [-0.3, -0.25) is 0 Å². The van der Waals surface area contributed by atoms with Crippen LogP contribution < -0.4 is 0 Å². The van der Waals surface area contributed by atoms with Crippen LogP contribution in [0.2, 0.25) is 0 Å². The zero-order valence-electron chi connectivity index (χ0n) is 12.7. The minimum absolute atomic E-state index is 0. The Balaban J connectivity index is -0.000000111. The number of carbonyl (C=O) groups is 2. The standard InChI is InChI=1S/2C6H9O2.Ca.H3O4P/c2*1-3-5-8-6(7)4-2;;1-5(2,3)4/h2*4-5H,2-3H2,1H3;;(H3,1,2,3,4)/q2*-1;+2;. The van der Waals surface area contributed by atoms with Crippen molar-refractivity contribution in [1.82, 2.24) is 0 Å². The first-order valence-electron chi connectivity index (χ1n) is 5.70. The largest absolute Gasteiger partial charge is 2.00 e. The molecule has 0 fully saturated rings. The van der Waals surface area contributed by atoms with Crippen molar-refractivity contribution < 1.29 is 38.3 Å². The van der Waals surface area contributed by atoms with E-state index in [-0.39, 0.29) is 37.7 Å². The van der Waals surface area contributed by atoms with Crippen molar-refractivity contribution in [3.63, 3.8) is 0 Å². The molecule has 124 valence electrons. The van der Waals surface area contributed by atoms with Crippen LogP contribution >= 0.6 is 7.82 Å².